The summed E-state index contributed by atoms with van der Waals surface area (Å²) in [6.07, 6.45) is -4.96. The summed E-state index contributed by atoms with van der Waals surface area (Å²) in [5.74, 6) is -2.80. The Balaban J connectivity index is 4.15. The average molecular weight is 198 g/mol. The van der Waals surface area contributed by atoms with Crippen LogP contribution in [0.3, 0.4) is 0 Å². The molecule has 13 heavy (non-hydrogen) atoms. The Morgan fingerprint density at radius 1 is 1.31 bits per heavy atom. The fourth-order valence-corrected chi connectivity index (χ4v) is 0.561. The summed E-state index contributed by atoms with van der Waals surface area (Å²) in [4.78, 5) is 21.0. The van der Waals surface area contributed by atoms with Crippen LogP contribution in [0.2, 0.25) is 0 Å². The topological polar surface area (TPSA) is 58.2 Å². The summed E-state index contributed by atoms with van der Waals surface area (Å²) in [5.41, 5.74) is 0. The van der Waals surface area contributed by atoms with E-state index in [9.17, 15) is 22.8 Å². The second-order valence-electron chi connectivity index (χ2n) is 2.31. The van der Waals surface area contributed by atoms with Crippen LogP contribution in [0.5, 0.6) is 0 Å². The predicted molar refractivity (Wildman–Crippen MR) is 37.7 cm³/mol. The van der Waals surface area contributed by atoms with Gasteiger partial charge in [-0.2, -0.15) is 13.2 Å². The SMILES string of the molecule is CNC(=O)[C@@H](C)NC(=O)C(F)(F)F. The average Bonchev–Trinajstić information content (AvgIpc) is 2.01. The number of alkyl halides is 3. The van der Waals surface area contributed by atoms with Gasteiger partial charge in [-0.25, -0.2) is 0 Å². The van der Waals surface area contributed by atoms with Crippen LogP contribution in [-0.4, -0.2) is 31.1 Å². The van der Waals surface area contributed by atoms with Gasteiger partial charge < -0.3 is 10.6 Å². The van der Waals surface area contributed by atoms with Crippen molar-refractivity contribution in [3.63, 3.8) is 0 Å². The van der Waals surface area contributed by atoms with Crippen LogP contribution in [0.15, 0.2) is 0 Å². The van der Waals surface area contributed by atoms with E-state index in [1.54, 1.807) is 0 Å². The fraction of sp³-hybridized carbons (Fsp3) is 0.667. The maximum absolute atomic E-state index is 11.6. The highest BCUT2D eigenvalue weighted by atomic mass is 19.4. The molecule has 0 rings (SSSR count). The van der Waals surface area contributed by atoms with Gasteiger partial charge in [-0.1, -0.05) is 0 Å². The zero-order chi connectivity index (χ0) is 10.6. The molecule has 0 saturated carbocycles. The molecular formula is C6H9F3N2O2. The highest BCUT2D eigenvalue weighted by Gasteiger charge is 2.39. The first-order valence-corrected chi connectivity index (χ1v) is 3.38. The highest BCUT2D eigenvalue weighted by Crippen LogP contribution is 2.14. The number of carbonyl (C=O) groups is 2. The van der Waals surface area contributed by atoms with E-state index in [0.717, 1.165) is 6.92 Å². The zero-order valence-electron chi connectivity index (χ0n) is 7.03. The Kier molecular flexibility index (Phi) is 3.70. The van der Waals surface area contributed by atoms with E-state index in [1.807, 2.05) is 0 Å². The number of halogens is 3. The van der Waals surface area contributed by atoms with E-state index in [0.29, 0.717) is 0 Å². The first-order valence-electron chi connectivity index (χ1n) is 3.38. The van der Waals surface area contributed by atoms with Crippen LogP contribution in [0.1, 0.15) is 6.92 Å². The van der Waals surface area contributed by atoms with Gasteiger partial charge in [-0.3, -0.25) is 9.59 Å². The first kappa shape index (κ1) is 11.7. The van der Waals surface area contributed by atoms with Gasteiger partial charge in [-0.15, -0.1) is 0 Å². The molecule has 2 amide bonds. The van der Waals surface area contributed by atoms with Crippen molar-refractivity contribution in [2.75, 3.05) is 7.05 Å². The van der Waals surface area contributed by atoms with Gasteiger partial charge in [0.15, 0.2) is 0 Å². The third kappa shape index (κ3) is 3.77. The molecule has 0 aromatic heterocycles. The van der Waals surface area contributed by atoms with E-state index in [4.69, 9.17) is 0 Å². The van der Waals surface area contributed by atoms with Gasteiger partial charge in [0.25, 0.3) is 0 Å². The van der Waals surface area contributed by atoms with Crippen molar-refractivity contribution >= 4 is 11.8 Å². The Bertz CT molecular complexity index is 214. The molecular weight excluding hydrogens is 189 g/mol. The van der Waals surface area contributed by atoms with Gasteiger partial charge in [0.2, 0.25) is 5.91 Å². The molecule has 0 saturated heterocycles. The van der Waals surface area contributed by atoms with Crippen molar-refractivity contribution in [1.29, 1.82) is 0 Å². The van der Waals surface area contributed by atoms with Gasteiger partial charge in [0.1, 0.15) is 6.04 Å². The molecule has 0 radical (unpaired) electrons. The predicted octanol–water partition coefficient (Wildman–Crippen LogP) is -0.201. The number of nitrogens with one attached hydrogen (secondary N) is 2. The van der Waals surface area contributed by atoms with Crippen molar-refractivity contribution in [2.24, 2.45) is 0 Å². The van der Waals surface area contributed by atoms with Crippen LogP contribution >= 0.6 is 0 Å². The molecule has 0 aromatic rings. The van der Waals surface area contributed by atoms with Crippen LogP contribution in [0, 0.1) is 0 Å². The summed E-state index contributed by atoms with van der Waals surface area (Å²) in [6.45, 7) is 1.16. The molecule has 0 heterocycles. The highest BCUT2D eigenvalue weighted by molar-refractivity contribution is 5.89. The van der Waals surface area contributed by atoms with Crippen molar-refractivity contribution < 1.29 is 22.8 Å². The molecule has 7 heteroatoms. The zero-order valence-corrected chi connectivity index (χ0v) is 7.03. The van der Waals surface area contributed by atoms with Crippen LogP contribution in [0.25, 0.3) is 0 Å². The second kappa shape index (κ2) is 4.11. The molecule has 2 N–H and O–H groups in total. The van der Waals surface area contributed by atoms with Crippen LogP contribution < -0.4 is 10.6 Å². The number of amides is 2. The monoisotopic (exact) mass is 198 g/mol. The minimum Gasteiger partial charge on any atom is -0.357 e. The quantitative estimate of drug-likeness (QED) is 0.645. The van der Waals surface area contributed by atoms with E-state index >= 15 is 0 Å². The maximum Gasteiger partial charge on any atom is 0.471 e. The molecule has 76 valence electrons. The molecule has 0 aromatic carbocycles. The lowest BCUT2D eigenvalue weighted by Crippen LogP contribution is -2.48. The van der Waals surface area contributed by atoms with Gasteiger partial charge in [0, 0.05) is 7.05 Å². The third-order valence-electron chi connectivity index (χ3n) is 1.24. The first-order chi connectivity index (χ1) is 5.79. The lowest BCUT2D eigenvalue weighted by Gasteiger charge is -2.13. The molecule has 0 unspecified atom stereocenters. The van der Waals surface area contributed by atoms with Gasteiger partial charge in [0.05, 0.1) is 0 Å². The molecule has 0 aliphatic carbocycles. The number of hydrogen-bond acceptors (Lipinski definition) is 2. The molecule has 0 bridgehead atoms. The summed E-state index contributed by atoms with van der Waals surface area (Å²) < 4.78 is 34.9. The molecule has 0 spiro atoms. The van der Waals surface area contributed by atoms with E-state index in [1.165, 1.54) is 12.4 Å². The minimum absolute atomic E-state index is 0.683. The molecule has 4 nitrogen and oxygen atoms in total. The lowest BCUT2D eigenvalue weighted by atomic mass is 10.3. The maximum atomic E-state index is 11.6. The third-order valence-corrected chi connectivity index (χ3v) is 1.24. The summed E-state index contributed by atoms with van der Waals surface area (Å²) in [6, 6.07) is -1.20. The molecule has 0 fully saturated rings. The normalized spacial score (nSPS) is 13.3. The molecule has 0 aliphatic rings. The van der Waals surface area contributed by atoms with Crippen LogP contribution in [0.4, 0.5) is 13.2 Å². The Morgan fingerprint density at radius 3 is 2.08 bits per heavy atom. The second-order valence-corrected chi connectivity index (χ2v) is 2.31. The van der Waals surface area contributed by atoms with Crippen LogP contribution in [-0.2, 0) is 9.59 Å². The van der Waals surface area contributed by atoms with Crippen molar-refractivity contribution in [3.05, 3.63) is 0 Å². The van der Waals surface area contributed by atoms with Gasteiger partial charge >= 0.3 is 12.1 Å². The Morgan fingerprint density at radius 2 is 1.77 bits per heavy atom. The Labute approximate surface area is 72.5 Å². The smallest absolute Gasteiger partial charge is 0.357 e. The summed E-state index contributed by atoms with van der Waals surface area (Å²) >= 11 is 0. The van der Waals surface area contributed by atoms with Gasteiger partial charge in [-0.05, 0) is 6.92 Å². The fourth-order valence-electron chi connectivity index (χ4n) is 0.561. The molecule has 0 aliphatic heterocycles. The lowest BCUT2D eigenvalue weighted by molar-refractivity contribution is -0.174. The molecule has 1 atom stereocenters. The van der Waals surface area contributed by atoms with E-state index in [-0.39, 0.29) is 0 Å². The Hall–Kier alpha value is -1.27. The summed E-state index contributed by atoms with van der Waals surface area (Å²) in [7, 11) is 1.26. The van der Waals surface area contributed by atoms with E-state index < -0.39 is 24.0 Å². The number of carbonyl (C=O) groups excluding carboxylic acids is 2. The van der Waals surface area contributed by atoms with E-state index in [2.05, 4.69) is 5.32 Å². The minimum atomic E-state index is -4.96. The standard InChI is InChI=1S/C6H9F3N2O2/c1-3(4(12)10-2)11-5(13)6(7,8)9/h3H,1-2H3,(H,10,12)(H,11,13)/t3-/m1/s1. The summed E-state index contributed by atoms with van der Waals surface area (Å²) in [5, 5.41) is 3.60. The number of rotatable bonds is 2. The van der Waals surface area contributed by atoms with Crippen molar-refractivity contribution in [1.82, 2.24) is 10.6 Å². The van der Waals surface area contributed by atoms with Crippen molar-refractivity contribution in [3.8, 4) is 0 Å². The number of hydrogen-bond donors (Lipinski definition) is 2. The number of likely N-dealkylation sites (N-methyl/N-ethyl adjacent to an activating group) is 1. The largest absolute Gasteiger partial charge is 0.471 e. The van der Waals surface area contributed by atoms with Crippen molar-refractivity contribution in [2.45, 2.75) is 19.1 Å².